The molecule has 21 heavy (non-hydrogen) atoms. The number of rotatable bonds is 3. The van der Waals surface area contributed by atoms with Crippen LogP contribution in [0.5, 0.6) is 5.75 Å². The van der Waals surface area contributed by atoms with E-state index in [9.17, 15) is 0 Å². The number of hydrogen-bond donors (Lipinski definition) is 0. The molecule has 0 saturated heterocycles. The number of halogens is 2. The minimum absolute atomic E-state index is 0.331. The molecule has 3 rings (SSSR count). The van der Waals surface area contributed by atoms with E-state index in [4.69, 9.17) is 27.9 Å². The SMILES string of the molecule is COc1ccc(-n2c(CCl)nc3cc(Cl)ccc32)cc1C. The second-order valence-electron chi connectivity index (χ2n) is 4.78. The molecule has 2 aromatic carbocycles. The molecule has 1 heterocycles. The number of aryl methyl sites for hydroxylation is 1. The molecular weight excluding hydrogens is 307 g/mol. The Labute approximate surface area is 133 Å². The van der Waals surface area contributed by atoms with Gasteiger partial charge in [0.05, 0.1) is 24.0 Å². The Morgan fingerprint density at radius 2 is 2.00 bits per heavy atom. The number of benzene rings is 2. The summed E-state index contributed by atoms with van der Waals surface area (Å²) in [5.74, 6) is 1.98. The molecule has 1 aromatic heterocycles. The van der Waals surface area contributed by atoms with Gasteiger partial charge in [-0.25, -0.2) is 4.98 Å². The van der Waals surface area contributed by atoms with Crippen LogP contribution in [-0.4, -0.2) is 16.7 Å². The van der Waals surface area contributed by atoms with E-state index in [0.29, 0.717) is 10.9 Å². The predicted octanol–water partition coefficient (Wildman–Crippen LogP) is 4.73. The van der Waals surface area contributed by atoms with E-state index in [2.05, 4.69) is 11.1 Å². The Hall–Kier alpha value is -1.71. The monoisotopic (exact) mass is 320 g/mol. The summed E-state index contributed by atoms with van der Waals surface area (Å²) >= 11 is 12.1. The number of methoxy groups -OCH3 is 1. The van der Waals surface area contributed by atoms with Crippen molar-refractivity contribution in [3.63, 3.8) is 0 Å². The number of ether oxygens (including phenoxy) is 1. The van der Waals surface area contributed by atoms with Crippen molar-refractivity contribution in [1.82, 2.24) is 9.55 Å². The first-order valence-electron chi connectivity index (χ1n) is 6.52. The molecule has 5 heteroatoms. The summed E-state index contributed by atoms with van der Waals surface area (Å²) in [4.78, 5) is 4.56. The highest BCUT2D eigenvalue weighted by molar-refractivity contribution is 6.31. The maximum Gasteiger partial charge on any atom is 0.129 e. The molecule has 0 fully saturated rings. The summed E-state index contributed by atoms with van der Waals surface area (Å²) in [5, 5.41) is 0.666. The van der Waals surface area contributed by atoms with Crippen LogP contribution in [0, 0.1) is 6.92 Å². The third kappa shape index (κ3) is 2.47. The minimum atomic E-state index is 0.331. The van der Waals surface area contributed by atoms with Gasteiger partial charge in [-0.15, -0.1) is 11.6 Å². The number of alkyl halides is 1. The van der Waals surface area contributed by atoms with E-state index >= 15 is 0 Å². The molecule has 0 aliphatic carbocycles. The van der Waals surface area contributed by atoms with Crippen molar-refractivity contribution in [2.75, 3.05) is 7.11 Å². The van der Waals surface area contributed by atoms with Crippen molar-refractivity contribution < 1.29 is 4.74 Å². The third-order valence-electron chi connectivity index (χ3n) is 3.44. The zero-order valence-corrected chi connectivity index (χ0v) is 13.2. The van der Waals surface area contributed by atoms with Crippen LogP contribution in [0.2, 0.25) is 5.02 Å². The van der Waals surface area contributed by atoms with Crippen molar-refractivity contribution in [2.45, 2.75) is 12.8 Å². The lowest BCUT2D eigenvalue weighted by Crippen LogP contribution is -2.00. The fraction of sp³-hybridized carbons (Fsp3) is 0.188. The molecule has 108 valence electrons. The lowest BCUT2D eigenvalue weighted by atomic mass is 10.2. The highest BCUT2D eigenvalue weighted by Crippen LogP contribution is 2.27. The van der Waals surface area contributed by atoms with Crippen LogP contribution in [0.4, 0.5) is 0 Å². The second-order valence-corrected chi connectivity index (χ2v) is 5.49. The summed E-state index contributed by atoms with van der Waals surface area (Å²) < 4.78 is 7.36. The van der Waals surface area contributed by atoms with E-state index in [-0.39, 0.29) is 0 Å². The Bertz CT molecular complexity index is 811. The zero-order valence-electron chi connectivity index (χ0n) is 11.7. The summed E-state index contributed by atoms with van der Waals surface area (Å²) in [6.45, 7) is 2.01. The Morgan fingerprint density at radius 1 is 1.19 bits per heavy atom. The van der Waals surface area contributed by atoms with Gasteiger partial charge in [0.1, 0.15) is 11.6 Å². The molecule has 0 aliphatic heterocycles. The van der Waals surface area contributed by atoms with Gasteiger partial charge in [-0.05, 0) is 48.9 Å². The van der Waals surface area contributed by atoms with E-state index in [1.165, 1.54) is 0 Å². The topological polar surface area (TPSA) is 27.1 Å². The zero-order chi connectivity index (χ0) is 15.0. The van der Waals surface area contributed by atoms with Crippen LogP contribution in [0.15, 0.2) is 36.4 Å². The van der Waals surface area contributed by atoms with Crippen molar-refractivity contribution in [1.29, 1.82) is 0 Å². The van der Waals surface area contributed by atoms with Gasteiger partial charge in [0.15, 0.2) is 0 Å². The molecule has 0 N–H and O–H groups in total. The molecule has 0 bridgehead atoms. The summed E-state index contributed by atoms with van der Waals surface area (Å²) in [6.07, 6.45) is 0. The summed E-state index contributed by atoms with van der Waals surface area (Å²) in [5.41, 5.74) is 3.89. The van der Waals surface area contributed by atoms with Gasteiger partial charge in [0.2, 0.25) is 0 Å². The molecule has 0 atom stereocenters. The van der Waals surface area contributed by atoms with Gasteiger partial charge in [-0.3, -0.25) is 4.57 Å². The molecule has 3 aromatic rings. The van der Waals surface area contributed by atoms with Crippen LogP contribution in [0.1, 0.15) is 11.4 Å². The highest BCUT2D eigenvalue weighted by Gasteiger charge is 2.13. The summed E-state index contributed by atoms with van der Waals surface area (Å²) in [7, 11) is 1.67. The molecule has 0 saturated carbocycles. The summed E-state index contributed by atoms with van der Waals surface area (Å²) in [6, 6.07) is 11.7. The van der Waals surface area contributed by atoms with Gasteiger partial charge in [-0.1, -0.05) is 11.6 Å². The van der Waals surface area contributed by atoms with Gasteiger partial charge < -0.3 is 4.74 Å². The van der Waals surface area contributed by atoms with E-state index in [1.54, 1.807) is 7.11 Å². The first-order chi connectivity index (χ1) is 10.1. The normalized spacial score (nSPS) is 11.0. The van der Waals surface area contributed by atoms with Crippen molar-refractivity contribution in [3.8, 4) is 11.4 Å². The molecule has 0 radical (unpaired) electrons. The van der Waals surface area contributed by atoms with E-state index < -0.39 is 0 Å². The van der Waals surface area contributed by atoms with Gasteiger partial charge in [-0.2, -0.15) is 0 Å². The second kappa shape index (κ2) is 5.58. The number of imidazole rings is 1. The lowest BCUT2D eigenvalue weighted by Gasteiger charge is -2.11. The van der Waals surface area contributed by atoms with Crippen LogP contribution in [0.25, 0.3) is 16.7 Å². The number of nitrogens with zero attached hydrogens (tertiary/aromatic N) is 2. The average Bonchev–Trinajstić information content (AvgIpc) is 2.84. The van der Waals surface area contributed by atoms with Crippen molar-refractivity contribution in [3.05, 3.63) is 52.8 Å². The smallest absolute Gasteiger partial charge is 0.129 e. The fourth-order valence-corrected chi connectivity index (χ4v) is 2.83. The predicted molar refractivity (Wildman–Crippen MR) is 86.9 cm³/mol. The van der Waals surface area contributed by atoms with Crippen molar-refractivity contribution in [2.24, 2.45) is 0 Å². The Morgan fingerprint density at radius 3 is 2.67 bits per heavy atom. The largest absolute Gasteiger partial charge is 0.496 e. The highest BCUT2D eigenvalue weighted by atomic mass is 35.5. The van der Waals surface area contributed by atoms with Crippen LogP contribution in [-0.2, 0) is 5.88 Å². The molecule has 3 nitrogen and oxygen atoms in total. The fourth-order valence-electron chi connectivity index (χ4n) is 2.48. The van der Waals surface area contributed by atoms with E-state index in [1.807, 2.05) is 41.8 Å². The van der Waals surface area contributed by atoms with Gasteiger partial charge >= 0.3 is 0 Å². The molecular formula is C16H14Cl2N2O. The number of fused-ring (bicyclic) bond motifs is 1. The number of aromatic nitrogens is 2. The van der Waals surface area contributed by atoms with Gasteiger partial charge in [0.25, 0.3) is 0 Å². The molecule has 0 aliphatic rings. The lowest BCUT2D eigenvalue weighted by molar-refractivity contribution is 0.411. The quantitative estimate of drug-likeness (QED) is 0.652. The van der Waals surface area contributed by atoms with Crippen LogP contribution < -0.4 is 4.74 Å². The van der Waals surface area contributed by atoms with Gasteiger partial charge in [0, 0.05) is 10.7 Å². The first kappa shape index (κ1) is 14.2. The van der Waals surface area contributed by atoms with E-state index in [0.717, 1.165) is 33.9 Å². The maximum atomic E-state index is 6.05. The number of hydrogen-bond acceptors (Lipinski definition) is 2. The van der Waals surface area contributed by atoms with Crippen molar-refractivity contribution >= 4 is 34.2 Å². The maximum absolute atomic E-state index is 6.05. The average molecular weight is 321 g/mol. The first-order valence-corrected chi connectivity index (χ1v) is 7.43. The van der Waals surface area contributed by atoms with Crippen LogP contribution in [0.3, 0.4) is 0 Å². The molecule has 0 unspecified atom stereocenters. The molecule has 0 amide bonds. The Balaban J connectivity index is 2.25. The van der Waals surface area contributed by atoms with Crippen LogP contribution >= 0.6 is 23.2 Å². The standard InChI is InChI=1S/C16H14Cl2N2O/c1-10-7-12(4-6-15(10)21-2)20-14-5-3-11(18)8-13(14)19-16(20)9-17/h3-8H,9H2,1-2H3. The molecule has 0 spiro atoms. The Kier molecular flexibility index (Phi) is 3.79. The third-order valence-corrected chi connectivity index (χ3v) is 3.92. The minimum Gasteiger partial charge on any atom is -0.496 e.